The van der Waals surface area contributed by atoms with Gasteiger partial charge in [-0.15, -0.1) is 0 Å². The molecule has 0 amide bonds. The predicted molar refractivity (Wildman–Crippen MR) is 233 cm³/mol. The third-order valence-electron chi connectivity index (χ3n) is 11.8. The third-order valence-corrected chi connectivity index (χ3v) is 11.8. The highest BCUT2D eigenvalue weighted by molar-refractivity contribution is 6.09. The van der Waals surface area contributed by atoms with Gasteiger partial charge in [0, 0.05) is 38.6 Å². The molecular formula is C53H37N3. The zero-order chi connectivity index (χ0) is 37.4. The van der Waals surface area contributed by atoms with E-state index in [2.05, 4.69) is 200 Å². The molecule has 0 radical (unpaired) electrons. The van der Waals surface area contributed by atoms with Crippen molar-refractivity contribution >= 4 is 32.6 Å². The Bertz CT molecular complexity index is 3080. The molecule has 3 nitrogen and oxygen atoms in total. The summed E-state index contributed by atoms with van der Waals surface area (Å²) in [6, 6.07) is 67.6. The van der Waals surface area contributed by atoms with Crippen LogP contribution in [0.4, 0.5) is 0 Å². The van der Waals surface area contributed by atoms with E-state index in [0.717, 1.165) is 45.2 Å². The van der Waals surface area contributed by atoms with E-state index < -0.39 is 0 Å². The van der Waals surface area contributed by atoms with Crippen LogP contribution >= 0.6 is 0 Å². The minimum absolute atomic E-state index is 0.139. The molecule has 0 fully saturated rings. The Morgan fingerprint density at radius 1 is 0.411 bits per heavy atom. The van der Waals surface area contributed by atoms with E-state index >= 15 is 0 Å². The lowest BCUT2D eigenvalue weighted by Crippen LogP contribution is -2.14. The van der Waals surface area contributed by atoms with Gasteiger partial charge in [-0.2, -0.15) is 0 Å². The van der Waals surface area contributed by atoms with E-state index in [1.807, 2.05) is 6.07 Å². The average molecular weight is 716 g/mol. The van der Waals surface area contributed by atoms with E-state index in [-0.39, 0.29) is 5.41 Å². The van der Waals surface area contributed by atoms with Crippen molar-refractivity contribution < 1.29 is 0 Å². The van der Waals surface area contributed by atoms with E-state index in [0.29, 0.717) is 0 Å². The van der Waals surface area contributed by atoms with Gasteiger partial charge in [-0.1, -0.05) is 159 Å². The average Bonchev–Trinajstić information content (AvgIpc) is 3.71. The molecule has 1 aliphatic carbocycles. The Morgan fingerprint density at radius 2 is 0.982 bits per heavy atom. The SMILES string of the molecule is CC1(C)c2cc3ccccc3cc2-c2c(-c3cc(-c4ccc(-c5ccc(-n6c7ccccc7c7ccccc76)cc5)cc4)nc(-c4ccccc4)n3)cccc21. The summed E-state index contributed by atoms with van der Waals surface area (Å²) in [4.78, 5) is 10.5. The van der Waals surface area contributed by atoms with Crippen LogP contribution < -0.4 is 0 Å². The monoisotopic (exact) mass is 715 g/mol. The predicted octanol–water partition coefficient (Wildman–Crippen LogP) is 13.7. The molecule has 56 heavy (non-hydrogen) atoms. The lowest BCUT2D eigenvalue weighted by atomic mass is 9.81. The number of hydrogen-bond donors (Lipinski definition) is 0. The highest BCUT2D eigenvalue weighted by atomic mass is 15.0. The summed E-state index contributed by atoms with van der Waals surface area (Å²) in [5.41, 5.74) is 16.0. The number of para-hydroxylation sites is 2. The van der Waals surface area contributed by atoms with E-state index in [4.69, 9.17) is 9.97 Å². The van der Waals surface area contributed by atoms with Crippen LogP contribution in [-0.2, 0) is 5.41 Å². The number of aromatic nitrogens is 3. The summed E-state index contributed by atoms with van der Waals surface area (Å²) in [5, 5.41) is 5.06. The summed E-state index contributed by atoms with van der Waals surface area (Å²) in [6.45, 7) is 4.69. The zero-order valence-corrected chi connectivity index (χ0v) is 31.2. The smallest absolute Gasteiger partial charge is 0.160 e. The second kappa shape index (κ2) is 12.5. The topological polar surface area (TPSA) is 30.7 Å². The van der Waals surface area contributed by atoms with Gasteiger partial charge < -0.3 is 4.57 Å². The van der Waals surface area contributed by atoms with Crippen LogP contribution in [0.3, 0.4) is 0 Å². The zero-order valence-electron chi connectivity index (χ0n) is 31.2. The summed E-state index contributed by atoms with van der Waals surface area (Å²) in [5.74, 6) is 0.719. The van der Waals surface area contributed by atoms with E-state index in [1.54, 1.807) is 0 Å². The first kappa shape index (κ1) is 32.3. The van der Waals surface area contributed by atoms with Crippen LogP contribution in [0.1, 0.15) is 25.0 Å². The van der Waals surface area contributed by atoms with Crippen molar-refractivity contribution in [2.45, 2.75) is 19.3 Å². The number of hydrogen-bond acceptors (Lipinski definition) is 2. The van der Waals surface area contributed by atoms with Crippen molar-refractivity contribution in [2.24, 2.45) is 0 Å². The molecule has 0 saturated heterocycles. The Kier molecular flexibility index (Phi) is 7.20. The Morgan fingerprint density at radius 3 is 1.68 bits per heavy atom. The van der Waals surface area contributed by atoms with Crippen molar-refractivity contribution in [2.75, 3.05) is 0 Å². The van der Waals surface area contributed by atoms with Crippen molar-refractivity contribution in [3.63, 3.8) is 0 Å². The number of benzene rings is 8. The summed E-state index contributed by atoms with van der Waals surface area (Å²) in [6.07, 6.45) is 0. The molecule has 3 heteroatoms. The number of rotatable bonds is 5. The summed E-state index contributed by atoms with van der Waals surface area (Å²) in [7, 11) is 0. The van der Waals surface area contributed by atoms with Gasteiger partial charge in [0.2, 0.25) is 0 Å². The van der Waals surface area contributed by atoms with Crippen LogP contribution in [0.2, 0.25) is 0 Å². The molecule has 264 valence electrons. The molecule has 8 aromatic carbocycles. The second-order valence-electron chi connectivity index (χ2n) is 15.4. The molecule has 0 N–H and O–H groups in total. The molecule has 0 bridgehead atoms. The van der Waals surface area contributed by atoms with Crippen molar-refractivity contribution in [3.05, 3.63) is 199 Å². The maximum absolute atomic E-state index is 5.28. The molecule has 2 heterocycles. The normalized spacial score (nSPS) is 13.0. The first-order chi connectivity index (χ1) is 27.5. The Balaban J connectivity index is 0.996. The minimum Gasteiger partial charge on any atom is -0.309 e. The highest BCUT2D eigenvalue weighted by Crippen LogP contribution is 2.53. The molecule has 0 aliphatic heterocycles. The quantitative estimate of drug-likeness (QED) is 0.178. The fraction of sp³-hybridized carbons (Fsp3) is 0.0566. The maximum atomic E-state index is 5.28. The third kappa shape index (κ3) is 5.05. The van der Waals surface area contributed by atoms with Gasteiger partial charge in [-0.3, -0.25) is 0 Å². The van der Waals surface area contributed by atoms with Gasteiger partial charge >= 0.3 is 0 Å². The largest absolute Gasteiger partial charge is 0.309 e. The van der Waals surface area contributed by atoms with Crippen LogP contribution in [-0.4, -0.2) is 14.5 Å². The lowest BCUT2D eigenvalue weighted by molar-refractivity contribution is 0.661. The molecule has 0 atom stereocenters. The van der Waals surface area contributed by atoms with Crippen molar-refractivity contribution in [1.82, 2.24) is 14.5 Å². The number of nitrogens with zero attached hydrogens (tertiary/aromatic N) is 3. The molecule has 0 unspecified atom stereocenters. The van der Waals surface area contributed by atoms with Gasteiger partial charge in [0.05, 0.1) is 22.4 Å². The van der Waals surface area contributed by atoms with Gasteiger partial charge in [-0.05, 0) is 86.6 Å². The maximum Gasteiger partial charge on any atom is 0.160 e. The van der Waals surface area contributed by atoms with Crippen LogP contribution in [0.15, 0.2) is 188 Å². The molecule has 1 aliphatic rings. The Labute approximate surface area is 326 Å². The molecule has 2 aromatic heterocycles. The van der Waals surface area contributed by atoms with Gasteiger partial charge in [-0.25, -0.2) is 9.97 Å². The van der Waals surface area contributed by atoms with Gasteiger partial charge in [0.25, 0.3) is 0 Å². The summed E-state index contributed by atoms with van der Waals surface area (Å²) >= 11 is 0. The Hall–Kier alpha value is -7.10. The van der Waals surface area contributed by atoms with Crippen LogP contribution in [0.5, 0.6) is 0 Å². The summed E-state index contributed by atoms with van der Waals surface area (Å²) < 4.78 is 2.36. The molecule has 0 spiro atoms. The second-order valence-corrected chi connectivity index (χ2v) is 15.4. The first-order valence-electron chi connectivity index (χ1n) is 19.3. The van der Waals surface area contributed by atoms with Crippen LogP contribution in [0, 0.1) is 0 Å². The number of fused-ring (bicyclic) bond motifs is 7. The van der Waals surface area contributed by atoms with E-state index in [1.165, 1.54) is 60.4 Å². The molecule has 10 aromatic rings. The van der Waals surface area contributed by atoms with Crippen molar-refractivity contribution in [3.8, 4) is 61.8 Å². The van der Waals surface area contributed by atoms with Gasteiger partial charge in [0.15, 0.2) is 5.82 Å². The fourth-order valence-corrected chi connectivity index (χ4v) is 8.97. The minimum atomic E-state index is -0.139. The molecular weight excluding hydrogens is 679 g/mol. The standard InChI is InChI=1S/C53H37N3/c1-53(2)45-20-12-19-43(51(45)44-31-38-15-6-7-16-39(38)32-46(44)53)48-33-47(54-52(55-48)37-13-4-3-5-14-37)36-25-23-34(24-26-36)35-27-29-40(30-28-35)56-49-21-10-8-17-41(49)42-18-9-11-22-50(42)56/h3-33H,1-2H3. The lowest BCUT2D eigenvalue weighted by Gasteiger charge is -2.22. The van der Waals surface area contributed by atoms with Crippen LogP contribution in [0.25, 0.3) is 94.4 Å². The molecule has 11 rings (SSSR count). The fourth-order valence-electron chi connectivity index (χ4n) is 8.97. The first-order valence-corrected chi connectivity index (χ1v) is 19.3. The van der Waals surface area contributed by atoms with Gasteiger partial charge in [0.1, 0.15) is 0 Å². The highest BCUT2D eigenvalue weighted by Gasteiger charge is 2.37. The molecule has 0 saturated carbocycles. The van der Waals surface area contributed by atoms with E-state index in [9.17, 15) is 0 Å². The van der Waals surface area contributed by atoms with Crippen molar-refractivity contribution in [1.29, 1.82) is 0 Å².